The largest absolute Gasteiger partial charge is 0.501 e. The summed E-state index contributed by atoms with van der Waals surface area (Å²) in [7, 11) is 1.31. The van der Waals surface area contributed by atoms with Crippen molar-refractivity contribution in [3.63, 3.8) is 0 Å². The van der Waals surface area contributed by atoms with Gasteiger partial charge in [0.25, 0.3) is 0 Å². The fourth-order valence-electron chi connectivity index (χ4n) is 2.77. The number of esters is 1. The number of hydrogen-bond donors (Lipinski definition) is 0. The lowest BCUT2D eigenvalue weighted by atomic mass is 10.1. The fourth-order valence-corrected chi connectivity index (χ4v) is 2.77. The summed E-state index contributed by atoms with van der Waals surface area (Å²) in [6.07, 6.45) is 1.37. The molecule has 0 N–H and O–H groups in total. The molecule has 6 nitrogen and oxygen atoms in total. The molecule has 0 aliphatic heterocycles. The number of nitrogens with zero attached hydrogens (tertiary/aromatic N) is 1. The molecule has 0 amide bonds. The Hall–Kier alpha value is -4.24. The van der Waals surface area contributed by atoms with E-state index in [2.05, 4.69) is 6.07 Å². The molecule has 0 atom stereocenters. The van der Waals surface area contributed by atoms with Gasteiger partial charge in [0, 0.05) is 11.6 Å². The number of carbonyl (C=O) groups is 1. The molecule has 0 saturated carbocycles. The van der Waals surface area contributed by atoms with Crippen molar-refractivity contribution in [2.45, 2.75) is 6.92 Å². The van der Waals surface area contributed by atoms with E-state index in [1.165, 1.54) is 13.4 Å². The first-order chi connectivity index (χ1) is 15.1. The highest BCUT2D eigenvalue weighted by molar-refractivity contribution is 6.17. The molecule has 6 heteroatoms. The van der Waals surface area contributed by atoms with Gasteiger partial charge in [-0.05, 0) is 43.3 Å². The van der Waals surface area contributed by atoms with Crippen molar-refractivity contribution in [3.8, 4) is 29.1 Å². The van der Waals surface area contributed by atoms with E-state index >= 15 is 0 Å². The van der Waals surface area contributed by atoms with Gasteiger partial charge in [-0.2, -0.15) is 5.26 Å². The van der Waals surface area contributed by atoms with Crippen molar-refractivity contribution in [2.75, 3.05) is 13.7 Å². The Kier molecular flexibility index (Phi) is 7.28. The molecule has 0 radical (unpaired) electrons. The second-order valence-electron chi connectivity index (χ2n) is 6.29. The number of para-hydroxylation sites is 1. The highest BCUT2D eigenvalue weighted by Crippen LogP contribution is 2.33. The highest BCUT2D eigenvalue weighted by Gasteiger charge is 2.18. The molecule has 0 bridgehead atoms. The smallest absolute Gasteiger partial charge is 0.341 e. The second-order valence-corrected chi connectivity index (χ2v) is 6.29. The molecule has 0 fully saturated rings. The summed E-state index contributed by atoms with van der Waals surface area (Å²) in [5.41, 5.74) is 1.30. The van der Waals surface area contributed by atoms with Gasteiger partial charge in [-0.3, -0.25) is 0 Å². The van der Waals surface area contributed by atoms with Gasteiger partial charge < -0.3 is 18.9 Å². The van der Waals surface area contributed by atoms with Crippen LogP contribution in [0.15, 0.2) is 79.1 Å². The lowest BCUT2D eigenvalue weighted by Crippen LogP contribution is -2.06. The summed E-state index contributed by atoms with van der Waals surface area (Å²) in [6.45, 7) is 2.24. The monoisotopic (exact) mass is 415 g/mol. The van der Waals surface area contributed by atoms with Crippen LogP contribution in [0.1, 0.15) is 18.1 Å². The van der Waals surface area contributed by atoms with Crippen LogP contribution in [-0.2, 0) is 14.3 Å². The highest BCUT2D eigenvalue weighted by atomic mass is 16.5. The third kappa shape index (κ3) is 5.64. The molecular weight excluding hydrogens is 394 g/mol. The van der Waals surface area contributed by atoms with Crippen molar-refractivity contribution in [2.24, 2.45) is 0 Å². The van der Waals surface area contributed by atoms with Gasteiger partial charge in [0.1, 0.15) is 28.6 Å². The van der Waals surface area contributed by atoms with Gasteiger partial charge in [-0.15, -0.1) is 0 Å². The minimum absolute atomic E-state index is 0.251. The first-order valence-electron chi connectivity index (χ1n) is 9.60. The molecule has 3 aromatic carbocycles. The maximum Gasteiger partial charge on any atom is 0.341 e. The summed E-state index contributed by atoms with van der Waals surface area (Å²) < 4.78 is 22.1. The first kappa shape index (κ1) is 21.5. The maximum atomic E-state index is 12.3. The van der Waals surface area contributed by atoms with Crippen LogP contribution >= 0.6 is 0 Å². The third-order valence-corrected chi connectivity index (χ3v) is 4.18. The molecule has 0 spiro atoms. The Labute approximate surface area is 180 Å². The normalized spacial score (nSPS) is 10.7. The number of ether oxygens (including phenoxy) is 4. The number of benzene rings is 3. The van der Waals surface area contributed by atoms with E-state index in [1.54, 1.807) is 66.7 Å². The molecule has 0 saturated heterocycles. The zero-order chi connectivity index (χ0) is 22.1. The molecule has 0 heterocycles. The minimum Gasteiger partial charge on any atom is -0.501 e. The summed E-state index contributed by atoms with van der Waals surface area (Å²) in [6, 6.07) is 23.2. The third-order valence-electron chi connectivity index (χ3n) is 4.18. The molecule has 3 rings (SSSR count). The molecule has 156 valence electrons. The quantitative estimate of drug-likeness (QED) is 0.267. The van der Waals surface area contributed by atoms with Gasteiger partial charge in [0.15, 0.2) is 0 Å². The Balaban J connectivity index is 1.87. The van der Waals surface area contributed by atoms with Crippen LogP contribution in [0.2, 0.25) is 0 Å². The topological polar surface area (TPSA) is 77.8 Å². The SMILES string of the molecule is CCO/C=C(/C(=O)OC)c1ccccc1Oc1cccc(Oc2cccc(C#N)c2)c1. The Bertz CT molecular complexity index is 1130. The molecule has 0 aromatic heterocycles. The van der Waals surface area contributed by atoms with Crippen LogP contribution in [0, 0.1) is 11.3 Å². The van der Waals surface area contributed by atoms with Gasteiger partial charge in [-0.1, -0.05) is 30.3 Å². The van der Waals surface area contributed by atoms with E-state index in [0.29, 0.717) is 40.7 Å². The number of carbonyl (C=O) groups excluding carboxylic acids is 1. The Morgan fingerprint density at radius 2 is 1.61 bits per heavy atom. The first-order valence-corrected chi connectivity index (χ1v) is 9.60. The summed E-state index contributed by atoms with van der Waals surface area (Å²) in [5.74, 6) is 1.54. The van der Waals surface area contributed by atoms with Gasteiger partial charge >= 0.3 is 5.97 Å². The average molecular weight is 415 g/mol. The molecule has 0 aliphatic rings. The van der Waals surface area contributed by atoms with Crippen LogP contribution in [-0.4, -0.2) is 19.7 Å². The summed E-state index contributed by atoms with van der Waals surface area (Å²) in [5, 5.41) is 9.05. The van der Waals surface area contributed by atoms with Gasteiger partial charge in [0.05, 0.1) is 31.6 Å². The molecular formula is C25H21NO5. The summed E-state index contributed by atoms with van der Waals surface area (Å²) in [4.78, 5) is 12.3. The van der Waals surface area contributed by atoms with E-state index in [4.69, 9.17) is 24.2 Å². The lowest BCUT2D eigenvalue weighted by molar-refractivity contribution is -0.133. The van der Waals surface area contributed by atoms with Crippen LogP contribution in [0.4, 0.5) is 0 Å². The Morgan fingerprint density at radius 3 is 2.32 bits per heavy atom. The van der Waals surface area contributed by atoms with Crippen molar-refractivity contribution >= 4 is 11.5 Å². The summed E-state index contributed by atoms with van der Waals surface area (Å²) >= 11 is 0. The predicted molar refractivity (Wildman–Crippen MR) is 116 cm³/mol. The van der Waals surface area contributed by atoms with E-state index in [1.807, 2.05) is 13.0 Å². The molecule has 31 heavy (non-hydrogen) atoms. The number of methoxy groups -OCH3 is 1. The number of rotatable bonds is 8. The second kappa shape index (κ2) is 10.5. The number of nitriles is 1. The zero-order valence-corrected chi connectivity index (χ0v) is 17.2. The van der Waals surface area contributed by atoms with Gasteiger partial charge in [-0.25, -0.2) is 4.79 Å². The lowest BCUT2D eigenvalue weighted by Gasteiger charge is -2.14. The molecule has 0 unspecified atom stereocenters. The van der Waals surface area contributed by atoms with Gasteiger partial charge in [0.2, 0.25) is 0 Å². The predicted octanol–water partition coefficient (Wildman–Crippen LogP) is 5.69. The van der Waals surface area contributed by atoms with Crippen LogP contribution in [0.25, 0.3) is 5.57 Å². The standard InChI is InChI=1S/C25H21NO5/c1-3-29-17-23(25(27)28-2)22-12-4-5-13-24(22)31-21-11-7-10-20(15-21)30-19-9-6-8-18(14-19)16-26/h4-15,17H,3H2,1-2H3/b23-17+. The van der Waals surface area contributed by atoms with Crippen molar-refractivity contribution in [3.05, 3.63) is 90.2 Å². The zero-order valence-electron chi connectivity index (χ0n) is 17.2. The fraction of sp³-hybridized carbons (Fsp3) is 0.120. The van der Waals surface area contributed by atoms with Crippen LogP contribution < -0.4 is 9.47 Å². The molecule has 3 aromatic rings. The van der Waals surface area contributed by atoms with Crippen molar-refractivity contribution in [1.82, 2.24) is 0 Å². The average Bonchev–Trinajstić information content (AvgIpc) is 2.80. The minimum atomic E-state index is -0.529. The number of hydrogen-bond acceptors (Lipinski definition) is 6. The van der Waals surface area contributed by atoms with E-state index < -0.39 is 5.97 Å². The van der Waals surface area contributed by atoms with Crippen LogP contribution in [0.3, 0.4) is 0 Å². The van der Waals surface area contributed by atoms with E-state index in [0.717, 1.165) is 0 Å². The maximum absolute atomic E-state index is 12.3. The van der Waals surface area contributed by atoms with E-state index in [9.17, 15) is 4.79 Å². The van der Waals surface area contributed by atoms with Crippen molar-refractivity contribution in [1.29, 1.82) is 5.26 Å². The molecule has 0 aliphatic carbocycles. The van der Waals surface area contributed by atoms with E-state index in [-0.39, 0.29) is 5.57 Å². The van der Waals surface area contributed by atoms with Crippen LogP contribution in [0.5, 0.6) is 23.0 Å². The van der Waals surface area contributed by atoms with Crippen molar-refractivity contribution < 1.29 is 23.7 Å². The Morgan fingerprint density at radius 1 is 0.935 bits per heavy atom.